The molecule has 1 rings (SSSR count). The zero-order valence-corrected chi connectivity index (χ0v) is 9.82. The molecule has 0 unspecified atom stereocenters. The Bertz CT molecular complexity index is 453. The van der Waals surface area contributed by atoms with E-state index >= 15 is 0 Å². The first kappa shape index (κ1) is 12.4. The molecule has 0 saturated carbocycles. The number of aliphatic carboxylic acids is 1. The van der Waals surface area contributed by atoms with Gasteiger partial charge in [0.05, 0.1) is 10.8 Å². The summed E-state index contributed by atoms with van der Waals surface area (Å²) >= 11 is 6.50. The van der Waals surface area contributed by atoms with Gasteiger partial charge >= 0.3 is 5.97 Å². The predicted octanol–water partition coefficient (Wildman–Crippen LogP) is 1.15. The van der Waals surface area contributed by atoms with Crippen molar-refractivity contribution < 1.29 is 18.3 Å². The van der Waals surface area contributed by atoms with Crippen molar-refractivity contribution in [3.05, 3.63) is 16.5 Å². The maximum Gasteiger partial charge on any atom is 0.304 e. The molecule has 0 bridgehead atoms. The number of carboxylic acids is 1. The Labute approximate surface area is 95.7 Å². The molecule has 1 aromatic rings. The van der Waals surface area contributed by atoms with E-state index in [1.165, 1.54) is 12.1 Å². The number of thiophene rings is 1. The molecule has 0 atom stereocenters. The molecule has 8 heteroatoms. The second kappa shape index (κ2) is 4.93. The maximum absolute atomic E-state index is 11.5. The van der Waals surface area contributed by atoms with E-state index in [1.807, 2.05) is 0 Å². The summed E-state index contributed by atoms with van der Waals surface area (Å²) in [5.74, 6) is -1.05. The van der Waals surface area contributed by atoms with Crippen LogP contribution in [0.1, 0.15) is 6.42 Å². The van der Waals surface area contributed by atoms with E-state index in [9.17, 15) is 13.2 Å². The summed E-state index contributed by atoms with van der Waals surface area (Å²) in [6.07, 6.45) is -0.252. The predicted molar refractivity (Wildman–Crippen MR) is 56.8 cm³/mol. The number of hydrogen-bond acceptors (Lipinski definition) is 4. The fourth-order valence-electron chi connectivity index (χ4n) is 0.806. The van der Waals surface area contributed by atoms with Crippen molar-refractivity contribution in [3.63, 3.8) is 0 Å². The first-order valence-electron chi connectivity index (χ1n) is 3.88. The summed E-state index contributed by atoms with van der Waals surface area (Å²) in [7, 11) is -3.61. The van der Waals surface area contributed by atoms with Gasteiger partial charge in [-0.05, 0) is 12.1 Å². The molecule has 0 aliphatic rings. The Hall–Kier alpha value is -0.630. The lowest BCUT2D eigenvalue weighted by atomic mass is 10.5. The van der Waals surface area contributed by atoms with Crippen molar-refractivity contribution >= 4 is 38.9 Å². The lowest BCUT2D eigenvalue weighted by Crippen LogP contribution is -2.25. The smallest absolute Gasteiger partial charge is 0.304 e. The van der Waals surface area contributed by atoms with Crippen molar-refractivity contribution in [1.82, 2.24) is 4.72 Å². The number of nitrogens with one attached hydrogen (secondary N) is 1. The fourth-order valence-corrected chi connectivity index (χ4v) is 3.36. The fraction of sp³-hybridized carbons (Fsp3) is 0.286. The third kappa shape index (κ3) is 3.78. The third-order valence-corrected chi connectivity index (χ3v) is 4.63. The van der Waals surface area contributed by atoms with Crippen molar-refractivity contribution in [2.75, 3.05) is 6.54 Å². The molecular formula is C7H8ClNO4S2. The van der Waals surface area contributed by atoms with Crippen molar-refractivity contribution in [1.29, 1.82) is 0 Å². The van der Waals surface area contributed by atoms with Gasteiger partial charge in [-0.3, -0.25) is 4.79 Å². The van der Waals surface area contributed by atoms with E-state index in [2.05, 4.69) is 4.72 Å². The zero-order chi connectivity index (χ0) is 11.5. The monoisotopic (exact) mass is 269 g/mol. The Morgan fingerprint density at radius 2 is 2.20 bits per heavy atom. The van der Waals surface area contributed by atoms with Crippen LogP contribution in [0, 0.1) is 0 Å². The molecule has 1 aromatic heterocycles. The first-order chi connectivity index (χ1) is 6.92. The van der Waals surface area contributed by atoms with Crippen LogP contribution in [0.25, 0.3) is 0 Å². The van der Waals surface area contributed by atoms with Crippen LogP contribution >= 0.6 is 22.9 Å². The van der Waals surface area contributed by atoms with Gasteiger partial charge in [-0.1, -0.05) is 11.6 Å². The van der Waals surface area contributed by atoms with E-state index in [4.69, 9.17) is 16.7 Å². The van der Waals surface area contributed by atoms with Crippen LogP contribution in [-0.2, 0) is 14.8 Å². The van der Waals surface area contributed by atoms with E-state index in [-0.39, 0.29) is 17.2 Å². The van der Waals surface area contributed by atoms with Crippen LogP contribution in [0.2, 0.25) is 4.34 Å². The molecule has 5 nitrogen and oxygen atoms in total. The highest BCUT2D eigenvalue weighted by Crippen LogP contribution is 2.25. The number of carboxylic acid groups (broad SMARTS) is 1. The minimum Gasteiger partial charge on any atom is -0.481 e. The molecule has 0 amide bonds. The second-order valence-corrected chi connectivity index (χ2v) is 6.31. The number of sulfonamides is 1. The molecule has 0 aliphatic heterocycles. The summed E-state index contributed by atoms with van der Waals surface area (Å²) in [5.41, 5.74) is 0. The highest BCUT2D eigenvalue weighted by atomic mass is 35.5. The summed E-state index contributed by atoms with van der Waals surface area (Å²) in [5, 5.41) is 8.33. The molecule has 0 spiro atoms. The van der Waals surface area contributed by atoms with Crippen LogP contribution in [0.5, 0.6) is 0 Å². The van der Waals surface area contributed by atoms with Crippen LogP contribution in [0.4, 0.5) is 0 Å². The standard InChI is InChI=1S/C7H8ClNO4S2/c8-5-1-2-7(14-5)15(12,13)9-4-3-6(10)11/h1-2,9H,3-4H2,(H,10,11). The maximum atomic E-state index is 11.5. The van der Waals surface area contributed by atoms with E-state index in [1.54, 1.807) is 0 Å². The average Bonchev–Trinajstić information content (AvgIpc) is 2.51. The number of rotatable bonds is 5. The minimum atomic E-state index is -3.61. The average molecular weight is 270 g/mol. The lowest BCUT2D eigenvalue weighted by Gasteiger charge is -2.01. The summed E-state index contributed by atoms with van der Waals surface area (Å²) in [6.45, 7) is -0.132. The van der Waals surface area contributed by atoms with Gasteiger partial charge in [0.15, 0.2) is 0 Å². The Morgan fingerprint density at radius 1 is 1.53 bits per heavy atom. The summed E-state index contributed by atoms with van der Waals surface area (Å²) in [6, 6.07) is 2.84. The van der Waals surface area contributed by atoms with Gasteiger partial charge in [-0.25, -0.2) is 13.1 Å². The van der Waals surface area contributed by atoms with Crippen LogP contribution < -0.4 is 4.72 Å². The van der Waals surface area contributed by atoms with Crippen LogP contribution in [-0.4, -0.2) is 26.0 Å². The third-order valence-electron chi connectivity index (χ3n) is 1.44. The highest BCUT2D eigenvalue weighted by Gasteiger charge is 2.16. The van der Waals surface area contributed by atoms with E-state index in [0.29, 0.717) is 4.34 Å². The topological polar surface area (TPSA) is 83.5 Å². The zero-order valence-electron chi connectivity index (χ0n) is 7.44. The molecule has 0 radical (unpaired) electrons. The Kier molecular flexibility index (Phi) is 4.09. The number of hydrogen-bond donors (Lipinski definition) is 2. The van der Waals surface area contributed by atoms with Gasteiger partial charge in [0.1, 0.15) is 4.21 Å². The normalized spacial score (nSPS) is 11.5. The quantitative estimate of drug-likeness (QED) is 0.840. The molecule has 0 saturated heterocycles. The van der Waals surface area contributed by atoms with Crippen LogP contribution in [0.15, 0.2) is 16.3 Å². The van der Waals surface area contributed by atoms with Crippen molar-refractivity contribution in [2.24, 2.45) is 0 Å². The molecule has 15 heavy (non-hydrogen) atoms. The van der Waals surface area contributed by atoms with Gasteiger partial charge in [0.25, 0.3) is 0 Å². The molecule has 0 aromatic carbocycles. The summed E-state index contributed by atoms with van der Waals surface area (Å²) < 4.78 is 25.6. The van der Waals surface area contributed by atoms with Crippen molar-refractivity contribution in [2.45, 2.75) is 10.6 Å². The largest absolute Gasteiger partial charge is 0.481 e. The minimum absolute atomic E-state index is 0.0814. The highest BCUT2D eigenvalue weighted by molar-refractivity contribution is 7.91. The summed E-state index contributed by atoms with van der Waals surface area (Å²) in [4.78, 5) is 10.2. The van der Waals surface area contributed by atoms with Gasteiger partial charge < -0.3 is 5.11 Å². The molecule has 1 heterocycles. The number of halogens is 1. The van der Waals surface area contributed by atoms with E-state index in [0.717, 1.165) is 11.3 Å². The van der Waals surface area contributed by atoms with Crippen molar-refractivity contribution in [3.8, 4) is 0 Å². The van der Waals surface area contributed by atoms with Gasteiger partial charge in [0, 0.05) is 6.54 Å². The van der Waals surface area contributed by atoms with E-state index < -0.39 is 16.0 Å². The van der Waals surface area contributed by atoms with Crippen LogP contribution in [0.3, 0.4) is 0 Å². The van der Waals surface area contributed by atoms with Gasteiger partial charge in [-0.2, -0.15) is 0 Å². The first-order valence-corrected chi connectivity index (χ1v) is 6.56. The molecular weight excluding hydrogens is 262 g/mol. The second-order valence-electron chi connectivity index (χ2n) is 2.60. The number of carbonyl (C=O) groups is 1. The lowest BCUT2D eigenvalue weighted by molar-refractivity contribution is -0.136. The molecule has 0 aliphatic carbocycles. The Morgan fingerprint density at radius 3 is 2.67 bits per heavy atom. The molecule has 2 N–H and O–H groups in total. The Balaban J connectivity index is 2.64. The van der Waals surface area contributed by atoms with Gasteiger partial charge in [0.2, 0.25) is 10.0 Å². The molecule has 0 fully saturated rings. The van der Waals surface area contributed by atoms with Gasteiger partial charge in [-0.15, -0.1) is 11.3 Å². The molecule has 84 valence electrons. The SMILES string of the molecule is O=C(O)CCNS(=O)(=O)c1ccc(Cl)s1.